The van der Waals surface area contributed by atoms with E-state index in [1.54, 1.807) is 0 Å². The van der Waals surface area contributed by atoms with Crippen LogP contribution < -0.4 is 18.9 Å². The van der Waals surface area contributed by atoms with E-state index in [4.69, 9.17) is 29.2 Å². The zero-order valence-corrected chi connectivity index (χ0v) is 26.2. The molecule has 1 aliphatic rings. The summed E-state index contributed by atoms with van der Waals surface area (Å²) in [6, 6.07) is 2.69. The van der Waals surface area contributed by atoms with Crippen LogP contribution in [0.4, 0.5) is 13.2 Å². The van der Waals surface area contributed by atoms with Crippen LogP contribution in [0.15, 0.2) is 12.1 Å². The van der Waals surface area contributed by atoms with Crippen molar-refractivity contribution in [2.45, 2.75) is 46.2 Å². The Labute approximate surface area is 265 Å². The number of benzene rings is 2. The van der Waals surface area contributed by atoms with E-state index in [0.717, 1.165) is 13.2 Å². The number of nitrogens with zero attached hydrogens (tertiary/aromatic N) is 1. The molecule has 2 atom stereocenters. The molecule has 2 N–H and O–H groups in total. The van der Waals surface area contributed by atoms with Crippen molar-refractivity contribution < 1.29 is 61.5 Å². The SMILES string of the molecule is COc1c(OCCCOc2c(OC)c(F)c3sc(C(=O)CC(C)C(=O)O)cc3c2F)cc2c(c1F)CN(C(=O)CC(C)C(=O)O)C2. The van der Waals surface area contributed by atoms with Gasteiger partial charge < -0.3 is 34.1 Å². The fourth-order valence-electron chi connectivity index (χ4n) is 4.89. The van der Waals surface area contributed by atoms with Crippen molar-refractivity contribution in [3.8, 4) is 23.0 Å². The molecule has 1 amide bonds. The predicted octanol–water partition coefficient (Wildman–Crippen LogP) is 5.43. The molecule has 0 fully saturated rings. The lowest BCUT2D eigenvalue weighted by Crippen LogP contribution is -2.28. The molecule has 0 radical (unpaired) electrons. The highest BCUT2D eigenvalue weighted by molar-refractivity contribution is 7.20. The average Bonchev–Trinajstić information content (AvgIpc) is 3.65. The van der Waals surface area contributed by atoms with E-state index in [1.807, 2.05) is 0 Å². The Hall–Kier alpha value is -4.53. The Morgan fingerprint density at radius 1 is 0.848 bits per heavy atom. The number of carbonyl (C=O) groups is 4. The lowest BCUT2D eigenvalue weighted by Gasteiger charge is -2.16. The minimum atomic E-state index is -1.17. The summed E-state index contributed by atoms with van der Waals surface area (Å²) >= 11 is 0.685. The molecule has 11 nitrogen and oxygen atoms in total. The van der Waals surface area contributed by atoms with Gasteiger partial charge in [-0.15, -0.1) is 11.3 Å². The monoisotopic (exact) mass is 667 g/mol. The number of carbonyl (C=O) groups excluding carboxylic acids is 2. The van der Waals surface area contributed by atoms with Crippen LogP contribution in [0.5, 0.6) is 23.0 Å². The van der Waals surface area contributed by atoms with Crippen LogP contribution in [0.3, 0.4) is 0 Å². The lowest BCUT2D eigenvalue weighted by atomic mass is 10.0. The number of ether oxygens (including phenoxy) is 4. The first kappa shape index (κ1) is 34.3. The molecule has 2 heterocycles. The van der Waals surface area contributed by atoms with Crippen molar-refractivity contribution in [3.05, 3.63) is 45.6 Å². The number of thiophene rings is 1. The number of hydrogen-bond donors (Lipinski definition) is 2. The Bertz CT molecular complexity index is 1690. The smallest absolute Gasteiger partial charge is 0.306 e. The number of carboxylic acids is 2. The van der Waals surface area contributed by atoms with Crippen molar-refractivity contribution in [3.63, 3.8) is 0 Å². The summed E-state index contributed by atoms with van der Waals surface area (Å²) in [5, 5.41) is 17.9. The van der Waals surface area contributed by atoms with E-state index in [0.29, 0.717) is 16.9 Å². The molecule has 1 aliphatic heterocycles. The fraction of sp³-hybridized carbons (Fsp3) is 0.419. The summed E-state index contributed by atoms with van der Waals surface area (Å²) < 4.78 is 67.4. The van der Waals surface area contributed by atoms with Crippen molar-refractivity contribution in [1.29, 1.82) is 0 Å². The number of aliphatic carboxylic acids is 2. The molecule has 0 saturated heterocycles. The van der Waals surface area contributed by atoms with Gasteiger partial charge in [-0.25, -0.2) is 13.2 Å². The highest BCUT2D eigenvalue weighted by Crippen LogP contribution is 2.43. The van der Waals surface area contributed by atoms with Gasteiger partial charge in [0.2, 0.25) is 17.4 Å². The standard InChI is InChI=1S/C31H32F3NO10S/c1-14(30(38)39)8-19(36)21-11-17-23(32)28(27(43-4)25(34)29(17)46-21)45-7-5-6-44-20-10-16-12-35(22(37)9-15(2)31(40)41)13-18(16)24(33)26(20)42-3/h10-11,14-15H,5-9,12-13H2,1-4H3,(H,38,39)(H,40,41). The van der Waals surface area contributed by atoms with E-state index in [9.17, 15) is 19.2 Å². The summed E-state index contributed by atoms with van der Waals surface area (Å²) in [6.45, 7) is 2.55. The van der Waals surface area contributed by atoms with Gasteiger partial charge >= 0.3 is 11.9 Å². The average molecular weight is 668 g/mol. The Kier molecular flexibility index (Phi) is 10.7. The van der Waals surface area contributed by atoms with Crippen LogP contribution in [0, 0.1) is 29.3 Å². The van der Waals surface area contributed by atoms with Gasteiger partial charge in [-0.05, 0) is 17.7 Å². The van der Waals surface area contributed by atoms with Gasteiger partial charge in [0.05, 0.1) is 48.8 Å². The van der Waals surface area contributed by atoms with Gasteiger partial charge in [0.15, 0.2) is 34.7 Å². The number of methoxy groups -OCH3 is 2. The summed E-state index contributed by atoms with van der Waals surface area (Å²) in [5.41, 5.74) is 0.709. The van der Waals surface area contributed by atoms with Crippen molar-refractivity contribution in [2.75, 3.05) is 27.4 Å². The number of hydrogen-bond acceptors (Lipinski definition) is 9. The Balaban J connectivity index is 1.43. The number of halogens is 3. The van der Waals surface area contributed by atoms with E-state index >= 15 is 13.2 Å². The highest BCUT2D eigenvalue weighted by Gasteiger charge is 2.32. The second-order valence-corrected chi connectivity index (χ2v) is 11.9. The number of ketones is 1. The molecule has 248 valence electrons. The maximum Gasteiger partial charge on any atom is 0.306 e. The molecule has 0 spiro atoms. The topological polar surface area (TPSA) is 149 Å². The van der Waals surface area contributed by atoms with Gasteiger partial charge in [0, 0.05) is 43.3 Å². The normalized spacial score (nSPS) is 13.7. The summed E-state index contributed by atoms with van der Waals surface area (Å²) in [4.78, 5) is 48.7. The van der Waals surface area contributed by atoms with E-state index < -0.39 is 64.4 Å². The highest BCUT2D eigenvalue weighted by atomic mass is 32.1. The zero-order valence-electron chi connectivity index (χ0n) is 25.4. The molecule has 2 unspecified atom stereocenters. The second kappa shape index (κ2) is 14.3. The first-order valence-corrected chi connectivity index (χ1v) is 15.0. The molecule has 2 aromatic carbocycles. The van der Waals surface area contributed by atoms with Gasteiger partial charge in [-0.1, -0.05) is 13.8 Å². The molecule has 46 heavy (non-hydrogen) atoms. The van der Waals surface area contributed by atoms with Crippen LogP contribution in [-0.4, -0.2) is 66.2 Å². The third-order valence-electron chi connectivity index (χ3n) is 7.51. The van der Waals surface area contributed by atoms with Crippen LogP contribution >= 0.6 is 11.3 Å². The fourth-order valence-corrected chi connectivity index (χ4v) is 5.92. The maximum absolute atomic E-state index is 15.5. The summed E-state index contributed by atoms with van der Waals surface area (Å²) in [7, 11) is 2.38. The molecule has 1 aromatic heterocycles. The minimum Gasteiger partial charge on any atom is -0.490 e. The molecule has 4 rings (SSSR count). The summed E-state index contributed by atoms with van der Waals surface area (Å²) in [5.74, 6) is -8.94. The number of rotatable bonds is 15. The molecule has 15 heteroatoms. The van der Waals surface area contributed by atoms with E-state index in [1.165, 1.54) is 31.9 Å². The summed E-state index contributed by atoms with van der Waals surface area (Å²) in [6.07, 6.45) is -0.444. The quantitative estimate of drug-likeness (QED) is 0.159. The molecule has 0 saturated carbocycles. The number of fused-ring (bicyclic) bond motifs is 2. The molecular formula is C31H32F3NO10S. The second-order valence-electron chi connectivity index (χ2n) is 10.8. The molecule has 0 aliphatic carbocycles. The number of amides is 1. The first-order chi connectivity index (χ1) is 21.8. The predicted molar refractivity (Wildman–Crippen MR) is 158 cm³/mol. The molecule has 0 bridgehead atoms. The van der Waals surface area contributed by atoms with Crippen LogP contribution in [0.2, 0.25) is 0 Å². The van der Waals surface area contributed by atoms with Crippen LogP contribution in [0.1, 0.15) is 53.9 Å². The van der Waals surface area contributed by atoms with Gasteiger partial charge in [0.1, 0.15) is 0 Å². The van der Waals surface area contributed by atoms with Crippen molar-refractivity contribution in [2.24, 2.45) is 11.8 Å². The molecular weight excluding hydrogens is 635 g/mol. The Morgan fingerprint density at radius 2 is 1.48 bits per heavy atom. The van der Waals surface area contributed by atoms with Crippen LogP contribution in [0.25, 0.3) is 10.1 Å². The number of carboxylic acid groups (broad SMARTS) is 2. The zero-order chi connectivity index (χ0) is 33.9. The third kappa shape index (κ3) is 6.98. The Morgan fingerprint density at radius 3 is 2.11 bits per heavy atom. The van der Waals surface area contributed by atoms with Gasteiger partial charge in [-0.3, -0.25) is 19.2 Å². The van der Waals surface area contributed by atoms with Gasteiger partial charge in [-0.2, -0.15) is 0 Å². The van der Waals surface area contributed by atoms with Crippen LogP contribution in [-0.2, 0) is 27.5 Å². The molecule has 3 aromatic rings. The lowest BCUT2D eigenvalue weighted by molar-refractivity contribution is -0.145. The third-order valence-corrected chi connectivity index (χ3v) is 8.68. The van der Waals surface area contributed by atoms with E-state index in [-0.39, 0.29) is 77.6 Å². The first-order valence-electron chi connectivity index (χ1n) is 14.2. The number of Topliss-reactive ketones (excluding diaryl/α,β-unsaturated/α-hetero) is 1. The largest absolute Gasteiger partial charge is 0.490 e. The maximum atomic E-state index is 15.5. The van der Waals surface area contributed by atoms with Crippen molar-refractivity contribution in [1.82, 2.24) is 4.90 Å². The van der Waals surface area contributed by atoms with Gasteiger partial charge in [0.25, 0.3) is 0 Å². The minimum absolute atomic E-state index is 0.00802. The van der Waals surface area contributed by atoms with E-state index in [2.05, 4.69) is 0 Å². The van der Waals surface area contributed by atoms with Crippen molar-refractivity contribution >= 4 is 45.1 Å².